The fraction of sp³-hybridized carbons (Fsp3) is 0. The molecule has 3 heterocycles. The van der Waals surface area contributed by atoms with E-state index in [1.807, 2.05) is 24.3 Å². The molecule has 0 radical (unpaired) electrons. The van der Waals surface area contributed by atoms with Crippen LogP contribution in [0.1, 0.15) is 5.69 Å². The lowest BCUT2D eigenvalue weighted by atomic mass is 10.1. The number of fused-ring (bicyclic) bond motifs is 1. The number of imidazole rings is 1. The number of amidine groups is 1. The predicted octanol–water partition coefficient (Wildman–Crippen LogP) is 4.55. The zero-order valence-corrected chi connectivity index (χ0v) is 16.9. The molecule has 0 saturated heterocycles. The van der Waals surface area contributed by atoms with E-state index in [9.17, 15) is 0 Å². The van der Waals surface area contributed by atoms with Crippen molar-refractivity contribution in [3.05, 3.63) is 81.6 Å². The Morgan fingerprint density at radius 3 is 2.52 bits per heavy atom. The first kappa shape index (κ1) is 18.2. The van der Waals surface area contributed by atoms with Crippen LogP contribution in [0.25, 0.3) is 16.9 Å². The maximum atomic E-state index is 6.48. The summed E-state index contributed by atoms with van der Waals surface area (Å²) in [5.74, 6) is 0.560. The summed E-state index contributed by atoms with van der Waals surface area (Å²) in [4.78, 5) is 4.74. The molecule has 0 atom stereocenters. The van der Waals surface area contributed by atoms with Crippen molar-refractivity contribution < 1.29 is 0 Å². The van der Waals surface area contributed by atoms with E-state index in [-0.39, 0.29) is 0 Å². The number of halogens is 3. The van der Waals surface area contributed by atoms with Crippen LogP contribution in [0.5, 0.6) is 0 Å². The number of hydrazine groups is 2. The van der Waals surface area contributed by atoms with Gasteiger partial charge in [0.1, 0.15) is 11.4 Å². The van der Waals surface area contributed by atoms with E-state index in [2.05, 4.69) is 21.3 Å². The molecular formula is C19H12Cl3N7. The fourth-order valence-corrected chi connectivity index (χ4v) is 3.63. The van der Waals surface area contributed by atoms with Crippen LogP contribution in [0.3, 0.4) is 0 Å². The van der Waals surface area contributed by atoms with Crippen LogP contribution in [0.2, 0.25) is 15.1 Å². The summed E-state index contributed by atoms with van der Waals surface area (Å²) in [5.41, 5.74) is 9.23. The molecule has 0 spiro atoms. The topological polar surface area (TPSA) is 69.8 Å². The molecule has 0 aliphatic carbocycles. The van der Waals surface area contributed by atoms with Crippen LogP contribution in [0.15, 0.2) is 65.9 Å². The van der Waals surface area contributed by atoms with Crippen molar-refractivity contribution in [3.8, 4) is 11.3 Å². The lowest BCUT2D eigenvalue weighted by molar-refractivity contribution is 0.623. The average molecular weight is 445 g/mol. The highest BCUT2D eigenvalue weighted by Crippen LogP contribution is 2.34. The molecule has 4 aromatic rings. The minimum Gasteiger partial charge on any atom is -0.237 e. The second-order valence-corrected chi connectivity index (χ2v) is 7.48. The van der Waals surface area contributed by atoms with Gasteiger partial charge in [-0.15, -0.1) is 10.6 Å². The third-order valence-electron chi connectivity index (χ3n) is 4.41. The number of hydrazone groups is 1. The van der Waals surface area contributed by atoms with Crippen molar-refractivity contribution >= 4 is 52.0 Å². The summed E-state index contributed by atoms with van der Waals surface area (Å²) in [6, 6.07) is 16.3. The molecule has 10 heteroatoms. The van der Waals surface area contributed by atoms with E-state index in [1.165, 1.54) is 0 Å². The van der Waals surface area contributed by atoms with Gasteiger partial charge in [0.25, 0.3) is 0 Å². The number of aromatic nitrogens is 3. The van der Waals surface area contributed by atoms with Crippen LogP contribution in [0, 0.1) is 0 Å². The largest absolute Gasteiger partial charge is 0.237 e. The van der Waals surface area contributed by atoms with Gasteiger partial charge in [0.2, 0.25) is 0 Å². The SMILES string of the molecule is Clc1ccc(N2NNN=C2c2c(-c3cc(Cl)ccc3Cl)nc3cccnn23)cc1. The highest BCUT2D eigenvalue weighted by atomic mass is 35.5. The first-order valence-corrected chi connectivity index (χ1v) is 9.69. The lowest BCUT2D eigenvalue weighted by Crippen LogP contribution is -2.41. The Morgan fingerprint density at radius 2 is 1.69 bits per heavy atom. The number of hydrogen-bond donors (Lipinski definition) is 2. The monoisotopic (exact) mass is 443 g/mol. The van der Waals surface area contributed by atoms with Gasteiger partial charge >= 0.3 is 0 Å². The molecule has 2 N–H and O–H groups in total. The second kappa shape index (κ2) is 7.20. The van der Waals surface area contributed by atoms with Gasteiger partial charge in [-0.2, -0.15) is 5.10 Å². The zero-order chi connectivity index (χ0) is 20.0. The number of rotatable bonds is 3. The van der Waals surface area contributed by atoms with Crippen molar-refractivity contribution in [2.75, 3.05) is 5.01 Å². The predicted molar refractivity (Wildman–Crippen MR) is 115 cm³/mol. The van der Waals surface area contributed by atoms with E-state index in [4.69, 9.17) is 39.8 Å². The molecule has 0 bridgehead atoms. The van der Waals surface area contributed by atoms with Crippen LogP contribution in [0.4, 0.5) is 5.69 Å². The van der Waals surface area contributed by atoms with Gasteiger partial charge in [0, 0.05) is 21.8 Å². The van der Waals surface area contributed by atoms with Crippen molar-refractivity contribution in [2.45, 2.75) is 0 Å². The van der Waals surface area contributed by atoms with Gasteiger partial charge in [-0.1, -0.05) is 34.8 Å². The van der Waals surface area contributed by atoms with Crippen LogP contribution in [-0.4, -0.2) is 20.4 Å². The summed E-state index contributed by atoms with van der Waals surface area (Å²) in [6.45, 7) is 0. The fourth-order valence-electron chi connectivity index (χ4n) is 3.12. The van der Waals surface area contributed by atoms with Crippen molar-refractivity contribution in [2.24, 2.45) is 5.10 Å². The smallest absolute Gasteiger partial charge is 0.198 e. The second-order valence-electron chi connectivity index (χ2n) is 6.20. The molecule has 144 valence electrons. The molecule has 1 aliphatic heterocycles. The number of anilines is 1. The third-order valence-corrected chi connectivity index (χ3v) is 5.23. The van der Waals surface area contributed by atoms with Crippen LogP contribution < -0.4 is 16.1 Å². The van der Waals surface area contributed by atoms with Gasteiger partial charge < -0.3 is 0 Å². The van der Waals surface area contributed by atoms with Gasteiger partial charge in [0.05, 0.1) is 10.7 Å². The third kappa shape index (κ3) is 3.18. The summed E-state index contributed by atoms with van der Waals surface area (Å²) in [7, 11) is 0. The standard InChI is InChI=1S/C19H12Cl3N7/c20-11-3-6-13(7-4-11)28-19(25-26-27-28)18-17(14-10-12(21)5-8-15(14)22)24-16-2-1-9-23-29(16)18/h1-10,26-27H. The van der Waals surface area contributed by atoms with E-state index in [0.717, 1.165) is 5.69 Å². The quantitative estimate of drug-likeness (QED) is 0.485. The minimum atomic E-state index is 0.525. The van der Waals surface area contributed by atoms with Crippen LogP contribution >= 0.6 is 34.8 Å². The Bertz CT molecular complexity index is 1250. The molecule has 29 heavy (non-hydrogen) atoms. The molecule has 0 amide bonds. The van der Waals surface area contributed by atoms with E-state index < -0.39 is 0 Å². The highest BCUT2D eigenvalue weighted by Gasteiger charge is 2.29. The molecule has 7 nitrogen and oxygen atoms in total. The molecule has 1 aliphatic rings. The summed E-state index contributed by atoms with van der Waals surface area (Å²) in [6.07, 6.45) is 1.69. The first-order chi connectivity index (χ1) is 14.1. The van der Waals surface area contributed by atoms with E-state index >= 15 is 0 Å². The number of benzene rings is 2. The first-order valence-electron chi connectivity index (χ1n) is 8.55. The Morgan fingerprint density at radius 1 is 0.897 bits per heavy atom. The van der Waals surface area contributed by atoms with Gasteiger partial charge in [-0.25, -0.2) is 20.0 Å². The van der Waals surface area contributed by atoms with E-state index in [0.29, 0.717) is 43.5 Å². The average Bonchev–Trinajstić information content (AvgIpc) is 3.34. The van der Waals surface area contributed by atoms with Gasteiger partial charge in [0.15, 0.2) is 11.5 Å². The normalized spacial score (nSPS) is 13.6. The molecule has 0 saturated carbocycles. The lowest BCUT2D eigenvalue weighted by Gasteiger charge is -2.19. The Balaban J connectivity index is 1.74. The molecule has 5 rings (SSSR count). The molecule has 2 aromatic carbocycles. The number of nitrogens with one attached hydrogen (secondary N) is 2. The Kier molecular flexibility index (Phi) is 4.52. The molecule has 0 fully saturated rings. The molecule has 2 aromatic heterocycles. The summed E-state index contributed by atoms with van der Waals surface area (Å²) >= 11 is 18.7. The maximum absolute atomic E-state index is 6.48. The summed E-state index contributed by atoms with van der Waals surface area (Å²) in [5, 5.41) is 12.4. The Hall–Kier alpha value is -2.84. The van der Waals surface area contributed by atoms with Gasteiger partial charge in [-0.05, 0) is 54.6 Å². The summed E-state index contributed by atoms with van der Waals surface area (Å²) < 4.78 is 1.71. The zero-order valence-electron chi connectivity index (χ0n) is 14.6. The van der Waals surface area contributed by atoms with Crippen LogP contribution in [-0.2, 0) is 0 Å². The maximum Gasteiger partial charge on any atom is 0.198 e. The number of hydrogen-bond acceptors (Lipinski definition) is 6. The van der Waals surface area contributed by atoms with Gasteiger partial charge in [-0.3, -0.25) is 0 Å². The highest BCUT2D eigenvalue weighted by molar-refractivity contribution is 6.35. The van der Waals surface area contributed by atoms with E-state index in [1.54, 1.807) is 46.1 Å². The molecule has 0 unspecified atom stereocenters. The van der Waals surface area contributed by atoms with Crippen molar-refractivity contribution in [3.63, 3.8) is 0 Å². The minimum absolute atomic E-state index is 0.525. The van der Waals surface area contributed by atoms with Crippen molar-refractivity contribution in [1.82, 2.24) is 25.7 Å². The van der Waals surface area contributed by atoms with Crippen molar-refractivity contribution in [1.29, 1.82) is 0 Å². The Labute approximate surface area is 180 Å². The number of nitrogens with zero attached hydrogens (tertiary/aromatic N) is 5. The molecular weight excluding hydrogens is 433 g/mol.